The largest absolute Gasteiger partial charge is 0.487 e. The molecule has 0 bridgehead atoms. The van der Waals surface area contributed by atoms with Crippen molar-refractivity contribution in [2.45, 2.75) is 6.61 Å². The lowest BCUT2D eigenvalue weighted by Crippen LogP contribution is -2.13. The molecule has 0 aliphatic rings. The molecular formula is C17H16N2O3. The third-order valence-electron chi connectivity index (χ3n) is 3.03. The Hall–Kier alpha value is -2.84. The summed E-state index contributed by atoms with van der Waals surface area (Å²) in [4.78, 5) is 4.85. The Balaban J connectivity index is 2.08. The van der Waals surface area contributed by atoms with Crippen LogP contribution >= 0.6 is 0 Å². The van der Waals surface area contributed by atoms with E-state index in [9.17, 15) is 0 Å². The Kier molecular flexibility index (Phi) is 5.52. The van der Waals surface area contributed by atoms with E-state index in [0.717, 1.165) is 11.1 Å². The van der Waals surface area contributed by atoms with Gasteiger partial charge in [-0.1, -0.05) is 29.4 Å². The molecule has 0 atom stereocenters. The zero-order valence-corrected chi connectivity index (χ0v) is 12.2. The highest BCUT2D eigenvalue weighted by Gasteiger charge is 2.06. The summed E-state index contributed by atoms with van der Waals surface area (Å²) < 4.78 is 5.67. The lowest BCUT2D eigenvalue weighted by atomic mass is 10.1. The van der Waals surface area contributed by atoms with Crippen molar-refractivity contribution in [3.05, 3.63) is 65.2 Å². The lowest BCUT2D eigenvalue weighted by Gasteiger charge is -2.09. The minimum Gasteiger partial charge on any atom is -0.487 e. The van der Waals surface area contributed by atoms with Crippen LogP contribution in [-0.4, -0.2) is 24.5 Å². The normalized spacial score (nSPS) is 10.9. The number of oxime groups is 1. The summed E-state index contributed by atoms with van der Waals surface area (Å²) in [5, 5.41) is 21.8. The van der Waals surface area contributed by atoms with Gasteiger partial charge in [0.1, 0.15) is 25.2 Å². The van der Waals surface area contributed by atoms with Crippen molar-refractivity contribution in [2.24, 2.45) is 5.16 Å². The number of rotatable bonds is 6. The molecule has 0 aromatic heterocycles. The van der Waals surface area contributed by atoms with E-state index in [1.807, 2.05) is 0 Å². The standard InChI is InChI=1S/C17H16N2O3/c1-21-19-17(15-6-2-13(10-18)3-7-15)12-22-16-8-4-14(11-20)5-9-16/h2-9,20H,11-12H2,1H3/b19-17+. The number of hydrogen-bond donors (Lipinski definition) is 1. The van der Waals surface area contributed by atoms with E-state index in [0.29, 0.717) is 17.0 Å². The molecule has 0 saturated carbocycles. The number of hydrogen-bond acceptors (Lipinski definition) is 5. The van der Waals surface area contributed by atoms with Crippen molar-refractivity contribution in [2.75, 3.05) is 13.7 Å². The molecular weight excluding hydrogens is 280 g/mol. The molecule has 0 spiro atoms. The molecule has 2 rings (SSSR count). The summed E-state index contributed by atoms with van der Waals surface area (Å²) >= 11 is 0. The maximum Gasteiger partial charge on any atom is 0.134 e. The molecule has 0 heterocycles. The van der Waals surface area contributed by atoms with Crippen LogP contribution in [0.15, 0.2) is 53.7 Å². The molecule has 0 saturated heterocycles. The third-order valence-corrected chi connectivity index (χ3v) is 3.03. The van der Waals surface area contributed by atoms with Crippen LogP contribution in [0.3, 0.4) is 0 Å². The zero-order chi connectivity index (χ0) is 15.8. The number of nitriles is 1. The van der Waals surface area contributed by atoms with Gasteiger partial charge < -0.3 is 14.7 Å². The summed E-state index contributed by atoms with van der Waals surface area (Å²) in [7, 11) is 1.47. The Labute approximate surface area is 129 Å². The monoisotopic (exact) mass is 296 g/mol. The molecule has 0 radical (unpaired) electrons. The molecule has 2 aromatic rings. The fourth-order valence-corrected chi connectivity index (χ4v) is 1.85. The minimum absolute atomic E-state index is 0.00189. The molecule has 0 unspecified atom stereocenters. The van der Waals surface area contributed by atoms with E-state index in [-0.39, 0.29) is 13.2 Å². The van der Waals surface area contributed by atoms with Gasteiger partial charge in [0.05, 0.1) is 18.2 Å². The molecule has 112 valence electrons. The number of aliphatic hydroxyl groups is 1. The lowest BCUT2D eigenvalue weighted by molar-refractivity contribution is 0.210. The van der Waals surface area contributed by atoms with Gasteiger partial charge in [0.15, 0.2) is 0 Å². The van der Waals surface area contributed by atoms with Crippen molar-refractivity contribution in [1.29, 1.82) is 5.26 Å². The van der Waals surface area contributed by atoms with E-state index in [1.54, 1.807) is 48.5 Å². The smallest absolute Gasteiger partial charge is 0.134 e. The molecule has 2 aromatic carbocycles. The van der Waals surface area contributed by atoms with Crippen molar-refractivity contribution in [3.8, 4) is 11.8 Å². The maximum atomic E-state index is 9.01. The highest BCUT2D eigenvalue weighted by atomic mass is 16.6. The number of nitrogens with zero attached hydrogens (tertiary/aromatic N) is 2. The van der Waals surface area contributed by atoms with Crippen molar-refractivity contribution in [3.63, 3.8) is 0 Å². The first-order valence-electron chi connectivity index (χ1n) is 6.70. The fourth-order valence-electron chi connectivity index (χ4n) is 1.85. The Morgan fingerprint density at radius 1 is 1.14 bits per heavy atom. The second kappa shape index (κ2) is 7.81. The molecule has 0 fully saturated rings. The predicted molar refractivity (Wildman–Crippen MR) is 82.6 cm³/mol. The SMILES string of the molecule is CO/N=C(\COc1ccc(CO)cc1)c1ccc(C#N)cc1. The summed E-state index contributed by atoms with van der Waals surface area (Å²) in [5.41, 5.74) is 2.86. The van der Waals surface area contributed by atoms with Gasteiger partial charge >= 0.3 is 0 Å². The van der Waals surface area contributed by atoms with Gasteiger partial charge in [-0.05, 0) is 29.8 Å². The highest BCUT2D eigenvalue weighted by molar-refractivity contribution is 6.01. The zero-order valence-electron chi connectivity index (χ0n) is 12.2. The van der Waals surface area contributed by atoms with Gasteiger partial charge in [-0.25, -0.2) is 0 Å². The average Bonchev–Trinajstić information content (AvgIpc) is 2.59. The van der Waals surface area contributed by atoms with Crippen LogP contribution in [0, 0.1) is 11.3 Å². The number of aliphatic hydroxyl groups excluding tert-OH is 1. The average molecular weight is 296 g/mol. The predicted octanol–water partition coefficient (Wildman–Crippen LogP) is 2.48. The molecule has 0 aliphatic heterocycles. The first-order valence-corrected chi connectivity index (χ1v) is 6.70. The van der Waals surface area contributed by atoms with Gasteiger partial charge in [-0.3, -0.25) is 0 Å². The first kappa shape index (κ1) is 15.5. The van der Waals surface area contributed by atoms with Crippen LogP contribution in [0.5, 0.6) is 5.75 Å². The Morgan fingerprint density at radius 2 is 1.82 bits per heavy atom. The van der Waals surface area contributed by atoms with Gasteiger partial charge in [0.25, 0.3) is 0 Å². The van der Waals surface area contributed by atoms with Crippen LogP contribution in [0.1, 0.15) is 16.7 Å². The quantitative estimate of drug-likeness (QED) is 0.656. The highest BCUT2D eigenvalue weighted by Crippen LogP contribution is 2.13. The Bertz CT molecular complexity index is 671. The van der Waals surface area contributed by atoms with Crippen molar-refractivity contribution < 1.29 is 14.7 Å². The number of ether oxygens (including phenoxy) is 1. The third kappa shape index (κ3) is 4.08. The van der Waals surface area contributed by atoms with Crippen LogP contribution in [0.25, 0.3) is 0 Å². The summed E-state index contributed by atoms with van der Waals surface area (Å²) in [6, 6.07) is 16.3. The van der Waals surface area contributed by atoms with E-state index in [2.05, 4.69) is 11.2 Å². The molecule has 1 N–H and O–H groups in total. The molecule has 0 aliphatic carbocycles. The summed E-state index contributed by atoms with van der Waals surface area (Å²) in [6.45, 7) is 0.236. The fraction of sp³-hybridized carbons (Fsp3) is 0.176. The van der Waals surface area contributed by atoms with Crippen LogP contribution < -0.4 is 4.74 Å². The molecule has 5 nitrogen and oxygen atoms in total. The molecule has 5 heteroatoms. The van der Waals surface area contributed by atoms with Crippen LogP contribution in [-0.2, 0) is 11.4 Å². The Morgan fingerprint density at radius 3 is 2.36 bits per heavy atom. The second-order valence-electron chi connectivity index (χ2n) is 4.50. The van der Waals surface area contributed by atoms with E-state index < -0.39 is 0 Å². The van der Waals surface area contributed by atoms with Crippen LogP contribution in [0.4, 0.5) is 0 Å². The summed E-state index contributed by atoms with van der Waals surface area (Å²) in [5.74, 6) is 0.676. The van der Waals surface area contributed by atoms with Crippen LogP contribution in [0.2, 0.25) is 0 Å². The van der Waals surface area contributed by atoms with Crippen molar-refractivity contribution in [1.82, 2.24) is 0 Å². The van der Waals surface area contributed by atoms with Gasteiger partial charge in [0.2, 0.25) is 0 Å². The topological polar surface area (TPSA) is 74.8 Å². The van der Waals surface area contributed by atoms with Gasteiger partial charge in [0, 0.05) is 5.56 Å². The van der Waals surface area contributed by atoms with Gasteiger partial charge in [-0.2, -0.15) is 5.26 Å². The van der Waals surface area contributed by atoms with Gasteiger partial charge in [-0.15, -0.1) is 0 Å². The van der Waals surface area contributed by atoms with E-state index >= 15 is 0 Å². The molecule has 0 amide bonds. The molecule has 22 heavy (non-hydrogen) atoms. The minimum atomic E-state index is 0.00189. The summed E-state index contributed by atoms with van der Waals surface area (Å²) in [6.07, 6.45) is 0. The second-order valence-corrected chi connectivity index (χ2v) is 4.50. The van der Waals surface area contributed by atoms with Crippen molar-refractivity contribution >= 4 is 5.71 Å². The maximum absolute atomic E-state index is 9.01. The van der Waals surface area contributed by atoms with E-state index in [4.69, 9.17) is 19.9 Å². The number of benzene rings is 2. The first-order chi connectivity index (χ1) is 10.8. The van der Waals surface area contributed by atoms with E-state index in [1.165, 1.54) is 7.11 Å².